The number of aryl methyl sites for hydroxylation is 1. The molecule has 1 heterocycles. The Bertz CT molecular complexity index is 701. The monoisotopic (exact) mass is 277 g/mol. The Morgan fingerprint density at radius 1 is 1.00 bits per heavy atom. The second-order valence-electron chi connectivity index (χ2n) is 5.05. The Morgan fingerprint density at radius 3 is 2.57 bits per heavy atom. The van der Waals surface area contributed by atoms with Crippen molar-refractivity contribution in [1.82, 2.24) is 9.55 Å². The quantitative estimate of drug-likeness (QED) is 0.764. The molecule has 0 saturated carbocycles. The molecule has 0 spiro atoms. The SMILES string of the molecule is Cc1ccccc1NCCn1ccnc1-c1ccccc1. The van der Waals surface area contributed by atoms with Gasteiger partial charge >= 0.3 is 0 Å². The standard InChI is InChI=1S/C18H19N3/c1-15-7-5-6-10-17(15)19-11-13-21-14-12-20-18(21)16-8-3-2-4-9-16/h2-10,12,14,19H,11,13H2,1H3. The summed E-state index contributed by atoms with van der Waals surface area (Å²) in [4.78, 5) is 4.46. The van der Waals surface area contributed by atoms with Gasteiger partial charge in [0.25, 0.3) is 0 Å². The van der Waals surface area contributed by atoms with Crippen LogP contribution < -0.4 is 5.32 Å². The van der Waals surface area contributed by atoms with E-state index >= 15 is 0 Å². The second-order valence-corrected chi connectivity index (χ2v) is 5.05. The molecule has 21 heavy (non-hydrogen) atoms. The van der Waals surface area contributed by atoms with Gasteiger partial charge in [-0.3, -0.25) is 0 Å². The molecule has 0 saturated heterocycles. The molecule has 0 atom stereocenters. The van der Waals surface area contributed by atoms with Crippen molar-refractivity contribution in [3.8, 4) is 11.4 Å². The third kappa shape index (κ3) is 3.14. The number of aromatic nitrogens is 2. The van der Waals surface area contributed by atoms with Crippen molar-refractivity contribution in [2.45, 2.75) is 13.5 Å². The van der Waals surface area contributed by atoms with Crippen molar-refractivity contribution in [3.63, 3.8) is 0 Å². The summed E-state index contributed by atoms with van der Waals surface area (Å²) < 4.78 is 2.18. The smallest absolute Gasteiger partial charge is 0.139 e. The summed E-state index contributed by atoms with van der Waals surface area (Å²) in [6.45, 7) is 3.88. The number of para-hydroxylation sites is 1. The lowest BCUT2D eigenvalue weighted by molar-refractivity contribution is 0.735. The highest BCUT2D eigenvalue weighted by molar-refractivity contribution is 5.55. The number of hydrogen-bond donors (Lipinski definition) is 1. The summed E-state index contributed by atoms with van der Waals surface area (Å²) in [6, 6.07) is 18.6. The van der Waals surface area contributed by atoms with Gasteiger partial charge in [-0.2, -0.15) is 0 Å². The van der Waals surface area contributed by atoms with Crippen LogP contribution in [0, 0.1) is 6.92 Å². The molecule has 0 bridgehead atoms. The van der Waals surface area contributed by atoms with E-state index in [4.69, 9.17) is 0 Å². The molecule has 3 heteroatoms. The van der Waals surface area contributed by atoms with Crippen molar-refractivity contribution in [2.24, 2.45) is 0 Å². The van der Waals surface area contributed by atoms with Crippen molar-refractivity contribution in [2.75, 3.05) is 11.9 Å². The predicted molar refractivity (Wildman–Crippen MR) is 87.3 cm³/mol. The zero-order chi connectivity index (χ0) is 14.5. The fraction of sp³-hybridized carbons (Fsp3) is 0.167. The van der Waals surface area contributed by atoms with Crippen LogP contribution in [0.3, 0.4) is 0 Å². The lowest BCUT2D eigenvalue weighted by Crippen LogP contribution is -2.11. The molecule has 1 aromatic heterocycles. The van der Waals surface area contributed by atoms with Crippen molar-refractivity contribution < 1.29 is 0 Å². The molecule has 3 aromatic rings. The third-order valence-corrected chi connectivity index (χ3v) is 3.56. The zero-order valence-electron chi connectivity index (χ0n) is 12.2. The Balaban J connectivity index is 1.67. The summed E-state index contributed by atoms with van der Waals surface area (Å²) >= 11 is 0. The Labute approximate surface area is 125 Å². The molecule has 0 unspecified atom stereocenters. The maximum absolute atomic E-state index is 4.46. The highest BCUT2D eigenvalue weighted by atomic mass is 15.1. The summed E-state index contributed by atoms with van der Waals surface area (Å²) in [5.41, 5.74) is 3.61. The second kappa shape index (κ2) is 6.27. The first-order valence-electron chi connectivity index (χ1n) is 7.20. The summed E-state index contributed by atoms with van der Waals surface area (Å²) in [5, 5.41) is 3.48. The van der Waals surface area contributed by atoms with E-state index in [0.717, 1.165) is 24.5 Å². The minimum Gasteiger partial charge on any atom is -0.383 e. The highest BCUT2D eigenvalue weighted by Gasteiger charge is 2.04. The Kier molecular flexibility index (Phi) is 4.01. The fourth-order valence-electron chi connectivity index (χ4n) is 2.42. The number of imidazole rings is 1. The van der Waals surface area contributed by atoms with Gasteiger partial charge in [0, 0.05) is 36.7 Å². The van der Waals surface area contributed by atoms with Gasteiger partial charge < -0.3 is 9.88 Å². The molecule has 0 aliphatic carbocycles. The van der Waals surface area contributed by atoms with E-state index in [1.54, 1.807) is 0 Å². The van der Waals surface area contributed by atoms with Crippen LogP contribution in [-0.4, -0.2) is 16.1 Å². The number of nitrogens with zero attached hydrogens (tertiary/aromatic N) is 2. The first kappa shape index (κ1) is 13.4. The van der Waals surface area contributed by atoms with Gasteiger partial charge in [-0.1, -0.05) is 48.5 Å². The van der Waals surface area contributed by atoms with Crippen LogP contribution in [0.2, 0.25) is 0 Å². The van der Waals surface area contributed by atoms with E-state index < -0.39 is 0 Å². The third-order valence-electron chi connectivity index (χ3n) is 3.56. The molecule has 0 aliphatic heterocycles. The van der Waals surface area contributed by atoms with Crippen molar-refractivity contribution >= 4 is 5.69 Å². The number of anilines is 1. The number of hydrogen-bond acceptors (Lipinski definition) is 2. The van der Waals surface area contributed by atoms with Gasteiger partial charge in [0.15, 0.2) is 0 Å². The first-order chi connectivity index (χ1) is 10.3. The van der Waals surface area contributed by atoms with E-state index in [1.165, 1.54) is 11.3 Å². The van der Waals surface area contributed by atoms with Crippen LogP contribution in [0.4, 0.5) is 5.69 Å². The van der Waals surface area contributed by atoms with Crippen LogP contribution in [0.5, 0.6) is 0 Å². The molecule has 1 N–H and O–H groups in total. The van der Waals surface area contributed by atoms with Crippen LogP contribution in [-0.2, 0) is 6.54 Å². The lowest BCUT2D eigenvalue weighted by atomic mass is 10.2. The minimum atomic E-state index is 0.876. The number of benzene rings is 2. The molecular formula is C18H19N3. The summed E-state index contributed by atoms with van der Waals surface area (Å²) in [7, 11) is 0. The van der Waals surface area contributed by atoms with Crippen molar-refractivity contribution in [1.29, 1.82) is 0 Å². The van der Waals surface area contributed by atoms with Gasteiger partial charge in [0.05, 0.1) is 0 Å². The summed E-state index contributed by atoms with van der Waals surface area (Å²) in [5.74, 6) is 1.02. The minimum absolute atomic E-state index is 0.876. The Hall–Kier alpha value is -2.55. The largest absolute Gasteiger partial charge is 0.383 e. The molecule has 2 aromatic carbocycles. The maximum atomic E-state index is 4.46. The summed E-state index contributed by atoms with van der Waals surface area (Å²) in [6.07, 6.45) is 3.89. The molecule has 0 aliphatic rings. The lowest BCUT2D eigenvalue weighted by Gasteiger charge is -2.11. The fourth-order valence-corrected chi connectivity index (χ4v) is 2.42. The molecule has 106 valence electrons. The van der Waals surface area contributed by atoms with E-state index in [1.807, 2.05) is 30.6 Å². The van der Waals surface area contributed by atoms with Gasteiger partial charge in [-0.15, -0.1) is 0 Å². The van der Waals surface area contributed by atoms with Crippen LogP contribution >= 0.6 is 0 Å². The molecule has 3 nitrogen and oxygen atoms in total. The molecule has 0 radical (unpaired) electrons. The molecule has 3 rings (SSSR count). The van der Waals surface area contributed by atoms with E-state index in [2.05, 4.69) is 58.2 Å². The topological polar surface area (TPSA) is 29.9 Å². The molecular weight excluding hydrogens is 258 g/mol. The average Bonchev–Trinajstić information content (AvgIpc) is 2.99. The highest BCUT2D eigenvalue weighted by Crippen LogP contribution is 2.17. The average molecular weight is 277 g/mol. The zero-order valence-corrected chi connectivity index (χ0v) is 12.2. The van der Waals surface area contributed by atoms with E-state index in [-0.39, 0.29) is 0 Å². The first-order valence-corrected chi connectivity index (χ1v) is 7.20. The Morgan fingerprint density at radius 2 is 1.76 bits per heavy atom. The van der Waals surface area contributed by atoms with Gasteiger partial charge in [-0.25, -0.2) is 4.98 Å². The maximum Gasteiger partial charge on any atom is 0.139 e. The van der Waals surface area contributed by atoms with Crippen LogP contribution in [0.15, 0.2) is 67.0 Å². The van der Waals surface area contributed by atoms with Crippen LogP contribution in [0.1, 0.15) is 5.56 Å². The molecule has 0 fully saturated rings. The molecule has 0 amide bonds. The van der Waals surface area contributed by atoms with E-state index in [0.29, 0.717) is 0 Å². The van der Waals surface area contributed by atoms with Gasteiger partial charge in [0.1, 0.15) is 5.82 Å². The van der Waals surface area contributed by atoms with Gasteiger partial charge in [0.2, 0.25) is 0 Å². The van der Waals surface area contributed by atoms with Gasteiger partial charge in [-0.05, 0) is 18.6 Å². The number of nitrogens with one attached hydrogen (secondary N) is 1. The normalized spacial score (nSPS) is 10.5. The van der Waals surface area contributed by atoms with Crippen LogP contribution in [0.25, 0.3) is 11.4 Å². The van der Waals surface area contributed by atoms with Crippen molar-refractivity contribution in [3.05, 3.63) is 72.6 Å². The van der Waals surface area contributed by atoms with E-state index in [9.17, 15) is 0 Å². The number of rotatable bonds is 5. The predicted octanol–water partition coefficient (Wildman–Crippen LogP) is 3.97.